The quantitative estimate of drug-likeness (QED) is 0.591. The molecule has 0 saturated heterocycles. The predicted molar refractivity (Wildman–Crippen MR) is 98.3 cm³/mol. The number of amides is 1. The number of rotatable bonds is 4. The Bertz CT molecular complexity index is 854. The van der Waals surface area contributed by atoms with Crippen LogP contribution in [0.5, 0.6) is 0 Å². The van der Waals surface area contributed by atoms with Gasteiger partial charge in [-0.25, -0.2) is 0 Å². The number of anilines is 2. The van der Waals surface area contributed by atoms with Gasteiger partial charge in [-0.05, 0) is 55.3 Å². The van der Waals surface area contributed by atoms with E-state index in [1.807, 2.05) is 19.9 Å². The van der Waals surface area contributed by atoms with Crippen LogP contribution in [0.1, 0.15) is 11.1 Å². The lowest BCUT2D eigenvalue weighted by atomic mass is 10.2. The van der Waals surface area contributed by atoms with Crippen molar-refractivity contribution in [2.75, 3.05) is 10.6 Å². The molecule has 0 atom stereocenters. The number of benzene rings is 2. The maximum Gasteiger partial charge on any atom is 0.267 e. The van der Waals surface area contributed by atoms with Gasteiger partial charge in [0, 0.05) is 27.6 Å². The minimum atomic E-state index is -0.512. The normalized spacial score (nSPS) is 10.9. The summed E-state index contributed by atoms with van der Waals surface area (Å²) in [5.74, 6) is -0.512. The minimum absolute atomic E-state index is 0.0521. The summed E-state index contributed by atoms with van der Waals surface area (Å²) >= 11 is 11.8. The molecule has 2 rings (SSSR count). The highest BCUT2D eigenvalue weighted by molar-refractivity contribution is 6.31. The second-order valence-corrected chi connectivity index (χ2v) is 6.06. The summed E-state index contributed by atoms with van der Waals surface area (Å²) in [7, 11) is 0. The number of aryl methyl sites for hydroxylation is 2. The first kappa shape index (κ1) is 17.9. The topological polar surface area (TPSA) is 64.9 Å². The Labute approximate surface area is 150 Å². The summed E-state index contributed by atoms with van der Waals surface area (Å²) in [4.78, 5) is 12.3. The Kier molecular flexibility index (Phi) is 5.86. The predicted octanol–water partition coefficient (Wildman–Crippen LogP) is 5.07. The molecule has 2 aromatic carbocycles. The van der Waals surface area contributed by atoms with Crippen molar-refractivity contribution < 1.29 is 4.79 Å². The second-order valence-electron chi connectivity index (χ2n) is 5.19. The maximum atomic E-state index is 12.3. The van der Waals surface area contributed by atoms with Gasteiger partial charge < -0.3 is 10.6 Å². The van der Waals surface area contributed by atoms with Crippen molar-refractivity contribution in [3.63, 3.8) is 0 Å². The Morgan fingerprint density at radius 2 is 1.71 bits per heavy atom. The molecule has 0 heterocycles. The van der Waals surface area contributed by atoms with Crippen LogP contribution in [0.3, 0.4) is 0 Å². The SMILES string of the molecule is Cc1cc(Cl)ccc1N/C=C(/C#N)C(=O)Nc1cc(Cl)ccc1C. The first-order valence-corrected chi connectivity index (χ1v) is 7.87. The third-order valence-electron chi connectivity index (χ3n) is 3.37. The van der Waals surface area contributed by atoms with Crippen molar-refractivity contribution in [2.24, 2.45) is 0 Å². The van der Waals surface area contributed by atoms with Gasteiger partial charge in [-0.15, -0.1) is 0 Å². The number of carbonyl (C=O) groups excluding carboxylic acids is 1. The molecular formula is C18H15Cl2N3O. The number of nitrogens with zero attached hydrogens (tertiary/aromatic N) is 1. The molecule has 122 valence electrons. The van der Waals surface area contributed by atoms with Crippen LogP contribution < -0.4 is 10.6 Å². The zero-order valence-corrected chi connectivity index (χ0v) is 14.7. The Balaban J connectivity index is 2.16. The van der Waals surface area contributed by atoms with Crippen LogP contribution >= 0.6 is 23.2 Å². The molecule has 0 aromatic heterocycles. The van der Waals surface area contributed by atoms with E-state index in [4.69, 9.17) is 23.2 Å². The molecule has 0 spiro atoms. The molecule has 0 unspecified atom stereocenters. The molecule has 0 aliphatic carbocycles. The zero-order valence-electron chi connectivity index (χ0n) is 13.2. The molecule has 0 saturated carbocycles. The largest absolute Gasteiger partial charge is 0.360 e. The Morgan fingerprint density at radius 1 is 1.04 bits per heavy atom. The fourth-order valence-electron chi connectivity index (χ4n) is 2.01. The Morgan fingerprint density at radius 3 is 2.38 bits per heavy atom. The number of nitriles is 1. The van der Waals surface area contributed by atoms with E-state index in [0.29, 0.717) is 15.7 Å². The molecule has 0 aliphatic rings. The van der Waals surface area contributed by atoms with Crippen LogP contribution in [-0.4, -0.2) is 5.91 Å². The average Bonchev–Trinajstić information content (AvgIpc) is 2.53. The third-order valence-corrected chi connectivity index (χ3v) is 3.84. The molecule has 0 aliphatic heterocycles. The minimum Gasteiger partial charge on any atom is -0.360 e. The van der Waals surface area contributed by atoms with Gasteiger partial charge in [0.15, 0.2) is 0 Å². The highest BCUT2D eigenvalue weighted by Crippen LogP contribution is 2.22. The van der Waals surface area contributed by atoms with Gasteiger partial charge in [0.25, 0.3) is 5.91 Å². The van der Waals surface area contributed by atoms with Crippen molar-refractivity contribution in [2.45, 2.75) is 13.8 Å². The number of carbonyl (C=O) groups is 1. The Hall–Kier alpha value is -2.48. The van der Waals surface area contributed by atoms with E-state index in [-0.39, 0.29) is 5.57 Å². The van der Waals surface area contributed by atoms with Gasteiger partial charge in [-0.3, -0.25) is 4.79 Å². The van der Waals surface area contributed by atoms with Crippen molar-refractivity contribution in [1.29, 1.82) is 5.26 Å². The van der Waals surface area contributed by atoms with Crippen LogP contribution in [0, 0.1) is 25.2 Å². The molecular weight excluding hydrogens is 345 g/mol. The number of hydrogen-bond acceptors (Lipinski definition) is 3. The first-order valence-electron chi connectivity index (χ1n) is 7.11. The van der Waals surface area contributed by atoms with Crippen LogP contribution in [0.25, 0.3) is 0 Å². The maximum absolute atomic E-state index is 12.3. The summed E-state index contributed by atoms with van der Waals surface area (Å²) in [5.41, 5.74) is 3.03. The van der Waals surface area contributed by atoms with Crippen LogP contribution in [0.2, 0.25) is 10.0 Å². The van der Waals surface area contributed by atoms with Gasteiger partial charge in [-0.1, -0.05) is 29.3 Å². The highest BCUT2D eigenvalue weighted by atomic mass is 35.5. The van der Waals surface area contributed by atoms with E-state index in [1.165, 1.54) is 6.20 Å². The summed E-state index contributed by atoms with van der Waals surface area (Å²) in [6, 6.07) is 12.4. The molecule has 2 N–H and O–H groups in total. The van der Waals surface area contributed by atoms with E-state index in [0.717, 1.165) is 16.8 Å². The van der Waals surface area contributed by atoms with Crippen LogP contribution in [-0.2, 0) is 4.79 Å². The average molecular weight is 360 g/mol. The fourth-order valence-corrected chi connectivity index (χ4v) is 2.40. The van der Waals surface area contributed by atoms with Gasteiger partial charge in [0.2, 0.25) is 0 Å². The van der Waals surface area contributed by atoms with Crippen molar-refractivity contribution in [3.05, 3.63) is 69.3 Å². The third kappa shape index (κ3) is 4.51. The zero-order chi connectivity index (χ0) is 17.7. The van der Waals surface area contributed by atoms with E-state index < -0.39 is 5.91 Å². The van der Waals surface area contributed by atoms with Gasteiger partial charge in [0.05, 0.1) is 0 Å². The smallest absolute Gasteiger partial charge is 0.267 e. The lowest BCUT2D eigenvalue weighted by Crippen LogP contribution is -2.15. The summed E-state index contributed by atoms with van der Waals surface area (Å²) in [5, 5.41) is 16.0. The summed E-state index contributed by atoms with van der Waals surface area (Å²) < 4.78 is 0. The molecule has 24 heavy (non-hydrogen) atoms. The number of nitrogens with one attached hydrogen (secondary N) is 2. The summed E-state index contributed by atoms with van der Waals surface area (Å²) in [6.07, 6.45) is 1.37. The molecule has 1 amide bonds. The van der Waals surface area contributed by atoms with Crippen molar-refractivity contribution in [1.82, 2.24) is 0 Å². The molecule has 4 nitrogen and oxygen atoms in total. The van der Waals surface area contributed by atoms with Gasteiger partial charge in [-0.2, -0.15) is 5.26 Å². The first-order chi connectivity index (χ1) is 11.4. The van der Waals surface area contributed by atoms with Crippen molar-refractivity contribution >= 4 is 40.5 Å². The lowest BCUT2D eigenvalue weighted by molar-refractivity contribution is -0.112. The van der Waals surface area contributed by atoms with E-state index in [2.05, 4.69) is 10.6 Å². The second kappa shape index (κ2) is 7.87. The van der Waals surface area contributed by atoms with Crippen LogP contribution in [0.15, 0.2) is 48.2 Å². The van der Waals surface area contributed by atoms with Crippen LogP contribution in [0.4, 0.5) is 11.4 Å². The molecule has 0 fully saturated rings. The van der Waals surface area contributed by atoms with E-state index >= 15 is 0 Å². The highest BCUT2D eigenvalue weighted by Gasteiger charge is 2.11. The monoisotopic (exact) mass is 359 g/mol. The number of halogens is 2. The van der Waals surface area contributed by atoms with Gasteiger partial charge in [0.1, 0.15) is 11.6 Å². The fraction of sp³-hybridized carbons (Fsp3) is 0.111. The summed E-state index contributed by atoms with van der Waals surface area (Å²) in [6.45, 7) is 3.72. The van der Waals surface area contributed by atoms with E-state index in [1.54, 1.807) is 36.4 Å². The van der Waals surface area contributed by atoms with Gasteiger partial charge >= 0.3 is 0 Å². The standard InChI is InChI=1S/C18H15Cl2N3O/c1-11-3-4-15(20)8-17(11)23-18(24)13(9-21)10-22-16-6-5-14(19)7-12(16)2/h3-8,10,22H,1-2H3,(H,23,24)/b13-10-. The molecule has 2 aromatic rings. The molecule has 0 radical (unpaired) electrons. The van der Waals surface area contributed by atoms with E-state index in [9.17, 15) is 10.1 Å². The number of hydrogen-bond donors (Lipinski definition) is 2. The molecule has 0 bridgehead atoms. The van der Waals surface area contributed by atoms with Crippen molar-refractivity contribution in [3.8, 4) is 6.07 Å². The molecule has 6 heteroatoms. The lowest BCUT2D eigenvalue weighted by Gasteiger charge is -2.09.